The summed E-state index contributed by atoms with van der Waals surface area (Å²) in [7, 11) is 0. The number of hydrogen-bond donors (Lipinski definition) is 1. The summed E-state index contributed by atoms with van der Waals surface area (Å²) < 4.78 is 7.49. The van der Waals surface area contributed by atoms with Crippen LogP contribution in [-0.2, 0) is 28.9 Å². The summed E-state index contributed by atoms with van der Waals surface area (Å²) in [5.74, 6) is 1.83. The van der Waals surface area contributed by atoms with Crippen LogP contribution in [0.2, 0.25) is 0 Å². The number of fused-ring (bicyclic) bond motifs is 2. The molecule has 0 unspecified atom stereocenters. The van der Waals surface area contributed by atoms with E-state index in [1.165, 1.54) is 0 Å². The number of pyridine rings is 2. The van der Waals surface area contributed by atoms with E-state index >= 15 is 0 Å². The van der Waals surface area contributed by atoms with Gasteiger partial charge >= 0.3 is 0 Å². The SMILES string of the molecule is C[C@@H]1CCc2nnc(-c3cccc(NC(=O)c4cc5c(cn4)CCN(C(=O)[C@@H]4CCOC4)C5)n3)n21. The molecule has 0 radical (unpaired) electrons. The molecule has 1 N–H and O–H groups in total. The van der Waals surface area contributed by atoms with E-state index < -0.39 is 0 Å². The normalized spacial score (nSPS) is 21.0. The first-order chi connectivity index (χ1) is 17.1. The Morgan fingerprint density at radius 1 is 1.14 bits per heavy atom. The second-order valence-corrected chi connectivity index (χ2v) is 9.47. The minimum absolute atomic E-state index is 0.0611. The van der Waals surface area contributed by atoms with E-state index in [1.54, 1.807) is 18.3 Å². The number of hydrogen-bond acceptors (Lipinski definition) is 7. The Hall–Kier alpha value is -3.66. The summed E-state index contributed by atoms with van der Waals surface area (Å²) in [4.78, 5) is 36.7. The van der Waals surface area contributed by atoms with E-state index in [0.717, 1.165) is 42.6 Å². The fourth-order valence-electron chi connectivity index (χ4n) is 5.15. The first-order valence-corrected chi connectivity index (χ1v) is 12.1. The molecule has 0 bridgehead atoms. The smallest absolute Gasteiger partial charge is 0.275 e. The van der Waals surface area contributed by atoms with Gasteiger partial charge in [-0.2, -0.15) is 0 Å². The van der Waals surface area contributed by atoms with Gasteiger partial charge in [0.1, 0.15) is 23.0 Å². The summed E-state index contributed by atoms with van der Waals surface area (Å²) >= 11 is 0. The van der Waals surface area contributed by atoms with Crippen molar-refractivity contribution in [2.24, 2.45) is 5.92 Å². The molecular weight excluding hydrogens is 446 g/mol. The summed E-state index contributed by atoms with van der Waals surface area (Å²) in [6, 6.07) is 7.56. The molecule has 3 aliphatic rings. The third-order valence-electron chi connectivity index (χ3n) is 7.13. The van der Waals surface area contributed by atoms with Crippen molar-refractivity contribution < 1.29 is 14.3 Å². The molecule has 3 aromatic heterocycles. The fraction of sp³-hybridized carbons (Fsp3) is 0.440. The maximum Gasteiger partial charge on any atom is 0.275 e. The highest BCUT2D eigenvalue weighted by Crippen LogP contribution is 2.30. The van der Waals surface area contributed by atoms with Gasteiger partial charge in [-0.1, -0.05) is 6.07 Å². The molecule has 3 aromatic rings. The molecule has 0 aliphatic carbocycles. The molecule has 0 aromatic carbocycles. The van der Waals surface area contributed by atoms with Crippen molar-refractivity contribution >= 4 is 17.6 Å². The van der Waals surface area contributed by atoms with Gasteiger partial charge in [0.05, 0.1) is 12.5 Å². The second kappa shape index (κ2) is 8.84. The van der Waals surface area contributed by atoms with Crippen LogP contribution in [0.25, 0.3) is 11.5 Å². The minimum atomic E-state index is -0.343. The number of ether oxygens (including phenoxy) is 1. The second-order valence-electron chi connectivity index (χ2n) is 9.47. The Balaban J connectivity index is 1.18. The Morgan fingerprint density at radius 2 is 2.06 bits per heavy atom. The number of aryl methyl sites for hydroxylation is 1. The van der Waals surface area contributed by atoms with Gasteiger partial charge in [-0.3, -0.25) is 14.6 Å². The highest BCUT2D eigenvalue weighted by molar-refractivity contribution is 6.02. The van der Waals surface area contributed by atoms with Gasteiger partial charge in [-0.25, -0.2) is 4.98 Å². The number of aromatic nitrogens is 5. The topological polar surface area (TPSA) is 115 Å². The lowest BCUT2D eigenvalue weighted by atomic mass is 9.99. The Labute approximate surface area is 202 Å². The number of nitrogens with zero attached hydrogens (tertiary/aromatic N) is 6. The van der Waals surface area contributed by atoms with E-state index in [1.807, 2.05) is 17.0 Å². The van der Waals surface area contributed by atoms with Gasteiger partial charge in [0, 0.05) is 38.4 Å². The number of anilines is 1. The molecule has 0 spiro atoms. The third-order valence-corrected chi connectivity index (χ3v) is 7.13. The van der Waals surface area contributed by atoms with Crippen LogP contribution in [0.15, 0.2) is 30.5 Å². The van der Waals surface area contributed by atoms with Crippen molar-refractivity contribution in [2.45, 2.75) is 45.2 Å². The molecule has 2 amide bonds. The van der Waals surface area contributed by atoms with Crippen LogP contribution in [0.1, 0.15) is 53.2 Å². The van der Waals surface area contributed by atoms with Crippen LogP contribution in [0, 0.1) is 5.92 Å². The monoisotopic (exact) mass is 473 g/mol. The molecule has 2 atom stereocenters. The largest absolute Gasteiger partial charge is 0.381 e. The van der Waals surface area contributed by atoms with Gasteiger partial charge in [-0.15, -0.1) is 10.2 Å². The Kier molecular flexibility index (Phi) is 5.52. The number of nitrogens with one attached hydrogen (secondary N) is 1. The Bertz CT molecular complexity index is 1300. The quantitative estimate of drug-likeness (QED) is 0.619. The predicted molar refractivity (Wildman–Crippen MR) is 127 cm³/mol. The molecule has 3 aliphatic heterocycles. The summed E-state index contributed by atoms with van der Waals surface area (Å²) in [6.45, 7) is 4.43. The summed E-state index contributed by atoms with van der Waals surface area (Å²) in [5, 5.41) is 11.5. The van der Waals surface area contributed by atoms with Crippen molar-refractivity contribution in [3.63, 3.8) is 0 Å². The molecule has 0 saturated carbocycles. The van der Waals surface area contributed by atoms with Crippen LogP contribution in [0.3, 0.4) is 0 Å². The van der Waals surface area contributed by atoms with Crippen LogP contribution in [0.4, 0.5) is 5.82 Å². The zero-order valence-corrected chi connectivity index (χ0v) is 19.6. The summed E-state index contributed by atoms with van der Waals surface area (Å²) in [5.41, 5.74) is 2.99. The van der Waals surface area contributed by atoms with E-state index in [-0.39, 0.29) is 17.7 Å². The number of carbonyl (C=O) groups is 2. The number of amides is 2. The van der Waals surface area contributed by atoms with Gasteiger partial charge in [0.25, 0.3) is 5.91 Å². The van der Waals surface area contributed by atoms with Crippen LogP contribution >= 0.6 is 0 Å². The van der Waals surface area contributed by atoms with E-state index in [0.29, 0.717) is 55.4 Å². The predicted octanol–water partition coefficient (Wildman–Crippen LogP) is 2.42. The summed E-state index contributed by atoms with van der Waals surface area (Å²) in [6.07, 6.45) is 5.19. The van der Waals surface area contributed by atoms with Crippen molar-refractivity contribution in [1.82, 2.24) is 29.6 Å². The van der Waals surface area contributed by atoms with Crippen molar-refractivity contribution in [3.8, 4) is 11.5 Å². The molecule has 6 rings (SSSR count). The van der Waals surface area contributed by atoms with Gasteiger partial charge in [0.15, 0.2) is 5.82 Å². The van der Waals surface area contributed by atoms with Crippen molar-refractivity contribution in [1.29, 1.82) is 0 Å². The maximum atomic E-state index is 13.0. The fourth-order valence-corrected chi connectivity index (χ4v) is 5.15. The van der Waals surface area contributed by atoms with Crippen LogP contribution in [-0.4, -0.2) is 61.2 Å². The molecule has 10 nitrogen and oxygen atoms in total. The lowest BCUT2D eigenvalue weighted by Gasteiger charge is -2.30. The molecule has 10 heteroatoms. The number of carbonyl (C=O) groups excluding carboxylic acids is 2. The molecule has 1 saturated heterocycles. The average Bonchev–Trinajstić information content (AvgIpc) is 3.63. The first-order valence-electron chi connectivity index (χ1n) is 12.1. The average molecular weight is 474 g/mol. The van der Waals surface area contributed by atoms with Crippen molar-refractivity contribution in [2.75, 3.05) is 25.1 Å². The highest BCUT2D eigenvalue weighted by atomic mass is 16.5. The van der Waals surface area contributed by atoms with Crippen LogP contribution in [0.5, 0.6) is 0 Å². The lowest BCUT2D eigenvalue weighted by Crippen LogP contribution is -2.40. The van der Waals surface area contributed by atoms with Gasteiger partial charge in [-0.05, 0) is 55.5 Å². The minimum Gasteiger partial charge on any atom is -0.381 e. The maximum absolute atomic E-state index is 13.0. The molecule has 1 fully saturated rings. The molecule has 180 valence electrons. The molecule has 6 heterocycles. The van der Waals surface area contributed by atoms with Crippen LogP contribution < -0.4 is 5.32 Å². The molecular formula is C25H27N7O3. The van der Waals surface area contributed by atoms with Gasteiger partial charge in [0.2, 0.25) is 5.91 Å². The lowest BCUT2D eigenvalue weighted by molar-refractivity contribution is -0.136. The molecule has 35 heavy (non-hydrogen) atoms. The first kappa shape index (κ1) is 21.8. The third kappa shape index (κ3) is 4.07. The van der Waals surface area contributed by atoms with E-state index in [2.05, 4.69) is 37.0 Å². The Morgan fingerprint density at radius 3 is 2.91 bits per heavy atom. The number of rotatable bonds is 4. The zero-order valence-electron chi connectivity index (χ0n) is 19.6. The van der Waals surface area contributed by atoms with Gasteiger partial charge < -0.3 is 19.5 Å². The van der Waals surface area contributed by atoms with E-state index in [9.17, 15) is 9.59 Å². The van der Waals surface area contributed by atoms with E-state index in [4.69, 9.17) is 4.74 Å². The standard InChI is InChI=1S/C25H27N7O3/c1-15-5-6-22-29-30-23(32(15)22)19-3-2-4-21(27-19)28-24(33)20-11-18-13-31(9-7-16(18)12-26-20)25(34)17-8-10-35-14-17/h2-4,11-12,15,17H,5-10,13-14H2,1H3,(H,27,28,33)/t15-,17-/m1/s1. The highest BCUT2D eigenvalue weighted by Gasteiger charge is 2.30. The van der Waals surface area contributed by atoms with Crippen molar-refractivity contribution in [3.05, 3.63) is 53.1 Å². The zero-order chi connectivity index (χ0) is 23.9.